The molecule has 252 valence electrons. The SMILES string of the molecule is CCCCCCCOCc1cc(CO)cc(C(O)c2ccccc2-c2ccc(Sc3ccc(OCCCC)cc3)c(S(=O)(=O)O)c2)c1. The van der Waals surface area contributed by atoms with Crippen molar-refractivity contribution in [2.75, 3.05) is 13.2 Å². The van der Waals surface area contributed by atoms with Crippen LogP contribution in [0.4, 0.5) is 0 Å². The fourth-order valence-corrected chi connectivity index (χ4v) is 7.19. The highest BCUT2D eigenvalue weighted by molar-refractivity contribution is 8.00. The molecule has 0 saturated carbocycles. The third-order valence-corrected chi connectivity index (χ3v) is 9.95. The first-order valence-corrected chi connectivity index (χ1v) is 18.6. The molecule has 0 aliphatic rings. The van der Waals surface area contributed by atoms with Gasteiger partial charge in [-0.1, -0.05) is 106 Å². The number of hydrogen-bond donors (Lipinski definition) is 3. The molecule has 0 radical (unpaired) electrons. The van der Waals surface area contributed by atoms with E-state index in [0.717, 1.165) is 41.9 Å². The molecule has 0 spiro atoms. The van der Waals surface area contributed by atoms with Crippen LogP contribution in [0.2, 0.25) is 0 Å². The van der Waals surface area contributed by atoms with Crippen LogP contribution >= 0.6 is 11.8 Å². The molecule has 1 atom stereocenters. The van der Waals surface area contributed by atoms with E-state index in [0.29, 0.717) is 52.5 Å². The normalized spacial score (nSPS) is 12.3. The monoisotopic (exact) mass is 678 g/mol. The molecule has 3 N–H and O–H groups in total. The zero-order valence-electron chi connectivity index (χ0n) is 27.2. The molecule has 0 fully saturated rings. The molecule has 0 amide bonds. The van der Waals surface area contributed by atoms with Crippen LogP contribution in [0, 0.1) is 0 Å². The van der Waals surface area contributed by atoms with Crippen LogP contribution in [0.3, 0.4) is 0 Å². The zero-order valence-corrected chi connectivity index (χ0v) is 28.9. The Hall–Kier alpha value is -3.18. The molecule has 7 nitrogen and oxygen atoms in total. The molecule has 0 aromatic heterocycles. The minimum absolute atomic E-state index is 0.183. The Bertz CT molecular complexity index is 1670. The van der Waals surface area contributed by atoms with E-state index in [2.05, 4.69) is 13.8 Å². The maximum absolute atomic E-state index is 12.6. The van der Waals surface area contributed by atoms with Gasteiger partial charge in [-0.05, 0) is 82.6 Å². The second-order valence-electron chi connectivity index (χ2n) is 11.6. The van der Waals surface area contributed by atoms with Crippen molar-refractivity contribution < 1.29 is 32.7 Å². The van der Waals surface area contributed by atoms with Crippen molar-refractivity contribution in [2.24, 2.45) is 0 Å². The lowest BCUT2D eigenvalue weighted by molar-refractivity contribution is 0.116. The third kappa shape index (κ3) is 10.9. The first-order valence-electron chi connectivity index (χ1n) is 16.3. The summed E-state index contributed by atoms with van der Waals surface area (Å²) in [5.74, 6) is 0.741. The molecule has 0 aliphatic carbocycles. The molecule has 0 aliphatic heterocycles. The Labute approximate surface area is 283 Å². The summed E-state index contributed by atoms with van der Waals surface area (Å²) < 4.78 is 47.0. The highest BCUT2D eigenvalue weighted by Crippen LogP contribution is 2.39. The van der Waals surface area contributed by atoms with Gasteiger partial charge in [-0.2, -0.15) is 8.42 Å². The number of rotatable bonds is 19. The predicted octanol–water partition coefficient (Wildman–Crippen LogP) is 8.99. The van der Waals surface area contributed by atoms with Gasteiger partial charge >= 0.3 is 0 Å². The van der Waals surface area contributed by atoms with Crippen molar-refractivity contribution in [3.8, 4) is 16.9 Å². The molecule has 0 bridgehead atoms. The number of aliphatic hydroxyl groups excluding tert-OH is 2. The lowest BCUT2D eigenvalue weighted by Crippen LogP contribution is -2.06. The van der Waals surface area contributed by atoms with E-state index in [4.69, 9.17) is 9.47 Å². The number of benzene rings is 4. The van der Waals surface area contributed by atoms with Crippen LogP contribution in [0.5, 0.6) is 5.75 Å². The predicted molar refractivity (Wildman–Crippen MR) is 188 cm³/mol. The maximum atomic E-state index is 12.6. The Morgan fingerprint density at radius 2 is 1.51 bits per heavy atom. The lowest BCUT2D eigenvalue weighted by Gasteiger charge is -2.19. The largest absolute Gasteiger partial charge is 0.494 e. The zero-order chi connectivity index (χ0) is 33.6. The van der Waals surface area contributed by atoms with Gasteiger partial charge in [0, 0.05) is 16.4 Å². The fourth-order valence-electron chi connectivity index (χ4n) is 5.33. The minimum Gasteiger partial charge on any atom is -0.494 e. The quantitative estimate of drug-likeness (QED) is 0.0665. The smallest absolute Gasteiger partial charge is 0.295 e. The first kappa shape index (κ1) is 36.7. The second-order valence-corrected chi connectivity index (χ2v) is 14.1. The minimum atomic E-state index is -4.57. The highest BCUT2D eigenvalue weighted by atomic mass is 32.2. The van der Waals surface area contributed by atoms with Gasteiger partial charge in [0.05, 0.1) is 19.8 Å². The molecular weight excluding hydrogens is 633 g/mol. The molecule has 47 heavy (non-hydrogen) atoms. The van der Waals surface area contributed by atoms with E-state index < -0.39 is 16.2 Å². The summed E-state index contributed by atoms with van der Waals surface area (Å²) in [6.45, 7) is 5.76. The van der Waals surface area contributed by atoms with E-state index in [1.54, 1.807) is 24.3 Å². The van der Waals surface area contributed by atoms with Gasteiger partial charge < -0.3 is 19.7 Å². The van der Waals surface area contributed by atoms with E-state index >= 15 is 0 Å². The van der Waals surface area contributed by atoms with Gasteiger partial charge in [0.2, 0.25) is 0 Å². The second kappa shape index (κ2) is 18.4. The molecule has 4 rings (SSSR count). The lowest BCUT2D eigenvalue weighted by atomic mass is 9.91. The van der Waals surface area contributed by atoms with Gasteiger partial charge in [-0.3, -0.25) is 4.55 Å². The molecule has 9 heteroatoms. The van der Waals surface area contributed by atoms with Crippen molar-refractivity contribution in [1.82, 2.24) is 0 Å². The topological polar surface area (TPSA) is 113 Å². The van der Waals surface area contributed by atoms with E-state index in [1.165, 1.54) is 37.1 Å². The van der Waals surface area contributed by atoms with Crippen molar-refractivity contribution >= 4 is 21.9 Å². The van der Waals surface area contributed by atoms with Gasteiger partial charge in [0.15, 0.2) is 0 Å². The average Bonchev–Trinajstić information content (AvgIpc) is 3.08. The van der Waals surface area contributed by atoms with Gasteiger partial charge in [0.1, 0.15) is 16.7 Å². The van der Waals surface area contributed by atoms with Gasteiger partial charge in [-0.25, -0.2) is 0 Å². The molecule has 4 aromatic carbocycles. The van der Waals surface area contributed by atoms with Gasteiger partial charge in [0.25, 0.3) is 10.1 Å². The average molecular weight is 679 g/mol. The summed E-state index contributed by atoms with van der Waals surface area (Å²) in [5.41, 5.74) is 3.82. The Morgan fingerprint density at radius 3 is 2.23 bits per heavy atom. The van der Waals surface area contributed by atoms with Gasteiger partial charge in [-0.15, -0.1) is 0 Å². The highest BCUT2D eigenvalue weighted by Gasteiger charge is 2.21. The molecule has 0 heterocycles. The third-order valence-electron chi connectivity index (χ3n) is 7.84. The van der Waals surface area contributed by atoms with Crippen molar-refractivity contribution in [1.29, 1.82) is 0 Å². The first-order chi connectivity index (χ1) is 22.7. The summed E-state index contributed by atoms with van der Waals surface area (Å²) in [5, 5.41) is 21.6. The standard InChI is InChI=1S/C38H46O7S2/c1-3-5-7-8-11-20-44-27-29-22-28(26-39)23-31(24-29)38(40)35-13-10-9-12-34(35)30-14-19-36(37(25-30)47(41,42)43)46-33-17-15-32(16-18-33)45-21-6-4-2/h9-10,12-19,22-25,38-40H,3-8,11,20-21,26-27H2,1-2H3,(H,41,42,43). The van der Waals surface area contributed by atoms with Crippen LogP contribution in [0.1, 0.15) is 87.2 Å². The number of hydrogen-bond acceptors (Lipinski definition) is 7. The number of unbranched alkanes of at least 4 members (excludes halogenated alkanes) is 5. The van der Waals surface area contributed by atoms with E-state index in [9.17, 15) is 23.2 Å². The van der Waals surface area contributed by atoms with Crippen LogP contribution in [0.15, 0.2) is 99.6 Å². The molecule has 4 aromatic rings. The van der Waals surface area contributed by atoms with Crippen LogP contribution in [-0.4, -0.2) is 36.4 Å². The Morgan fingerprint density at radius 1 is 0.787 bits per heavy atom. The van der Waals surface area contributed by atoms with E-state index in [-0.39, 0.29) is 11.5 Å². The Kier molecular flexibility index (Phi) is 14.3. The Balaban J connectivity index is 1.57. The molecule has 1 unspecified atom stereocenters. The summed E-state index contributed by atoms with van der Waals surface area (Å²) in [7, 11) is -4.57. The van der Waals surface area contributed by atoms with Crippen molar-refractivity contribution in [3.05, 3.63) is 107 Å². The number of aliphatic hydroxyl groups is 2. The van der Waals surface area contributed by atoms with Crippen LogP contribution in [-0.2, 0) is 28.1 Å². The number of ether oxygens (including phenoxy) is 2. The van der Waals surface area contributed by atoms with Crippen molar-refractivity contribution in [2.45, 2.75) is 92.8 Å². The molecular formula is C38H46O7S2. The summed E-state index contributed by atoms with van der Waals surface area (Å²) >= 11 is 1.23. The summed E-state index contributed by atoms with van der Waals surface area (Å²) in [6.07, 6.45) is 6.69. The summed E-state index contributed by atoms with van der Waals surface area (Å²) in [4.78, 5) is 0.949. The maximum Gasteiger partial charge on any atom is 0.295 e. The van der Waals surface area contributed by atoms with Crippen LogP contribution in [0.25, 0.3) is 11.1 Å². The van der Waals surface area contributed by atoms with Crippen LogP contribution < -0.4 is 4.74 Å². The fraction of sp³-hybridized carbons (Fsp3) is 0.368. The van der Waals surface area contributed by atoms with E-state index in [1.807, 2.05) is 54.6 Å². The van der Waals surface area contributed by atoms with Crippen molar-refractivity contribution in [3.63, 3.8) is 0 Å². The summed E-state index contributed by atoms with van der Waals surface area (Å²) in [6, 6.07) is 25.0. The molecule has 0 saturated heterocycles.